The van der Waals surface area contributed by atoms with E-state index in [2.05, 4.69) is 160 Å². The van der Waals surface area contributed by atoms with E-state index in [4.69, 9.17) is 4.42 Å². The Balaban J connectivity index is 0.976. The number of hydrogen-bond acceptors (Lipinski definition) is 3. The number of nitrogens with zero attached hydrogens (tertiary/aromatic N) is 1. The molecule has 1 aromatic heterocycles. The molecule has 6 aliphatic rings. The van der Waals surface area contributed by atoms with Gasteiger partial charge in [0.1, 0.15) is 11.2 Å². The van der Waals surface area contributed by atoms with Gasteiger partial charge in [-0.15, -0.1) is 0 Å². The second-order valence-corrected chi connectivity index (χ2v) is 20.7. The summed E-state index contributed by atoms with van der Waals surface area (Å²) in [6, 6.07) is 48.7. The van der Waals surface area contributed by atoms with E-state index in [0.717, 1.165) is 57.0 Å². The van der Waals surface area contributed by atoms with Crippen LogP contribution in [0.2, 0.25) is 0 Å². The highest BCUT2D eigenvalue weighted by atomic mass is 32.2. The number of para-hydroxylation sites is 1. The topological polar surface area (TPSA) is 16.4 Å². The Bertz CT molecular complexity index is 2720. The third-order valence-corrected chi connectivity index (χ3v) is 16.7. The molecule has 3 heteroatoms. The van der Waals surface area contributed by atoms with Crippen LogP contribution in [0.4, 0.5) is 17.1 Å². The maximum absolute atomic E-state index is 6.46. The molecule has 0 N–H and O–H groups in total. The van der Waals surface area contributed by atoms with Crippen LogP contribution in [0.25, 0.3) is 33.1 Å². The van der Waals surface area contributed by atoms with Crippen LogP contribution >= 0.6 is 11.8 Å². The van der Waals surface area contributed by atoms with E-state index in [-0.39, 0.29) is 16.2 Å². The number of fused-ring (bicyclic) bond motifs is 6. The van der Waals surface area contributed by atoms with Gasteiger partial charge in [0.25, 0.3) is 0 Å². The summed E-state index contributed by atoms with van der Waals surface area (Å²) < 4.78 is 6.46. The van der Waals surface area contributed by atoms with Crippen molar-refractivity contribution < 1.29 is 4.42 Å². The first-order valence-electron chi connectivity index (χ1n) is 21.5. The van der Waals surface area contributed by atoms with E-state index in [1.54, 1.807) is 11.1 Å². The minimum atomic E-state index is 0.110. The normalized spacial score (nSPS) is 26.0. The first kappa shape index (κ1) is 34.3. The molecule has 0 atom stereocenters. The Labute approximate surface area is 341 Å². The predicted molar refractivity (Wildman–Crippen MR) is 238 cm³/mol. The number of benzene rings is 6. The standard InChI is InChI=1S/C54H51NOS/c1-52(2)23-24-53(3,4)46-31-40(19-21-44(46)52)55(41-18-20-43-42-9-5-7-11-48(42)56-49(43)32-41)39-16-13-35(14-17-39)36-15-22-51-47(30-36)54(45-10-6-8-12-50(45)57-51)37-26-33-25-34(28-37)29-38(54)27-33/h5-22,30-34,37-38H,23-29H2,1-4H3. The molecule has 4 saturated carbocycles. The van der Waals surface area contributed by atoms with Crippen molar-refractivity contribution in [1.82, 2.24) is 0 Å². The molecule has 5 aliphatic carbocycles. The van der Waals surface area contributed by atoms with Crippen molar-refractivity contribution in [2.75, 3.05) is 4.90 Å². The van der Waals surface area contributed by atoms with Gasteiger partial charge in [0.2, 0.25) is 0 Å². The minimum Gasteiger partial charge on any atom is -0.456 e. The van der Waals surface area contributed by atoms with Gasteiger partial charge in [0.05, 0.1) is 0 Å². The van der Waals surface area contributed by atoms with Crippen molar-refractivity contribution in [3.05, 3.63) is 150 Å². The van der Waals surface area contributed by atoms with Gasteiger partial charge in [-0.2, -0.15) is 0 Å². The van der Waals surface area contributed by atoms with Gasteiger partial charge in [-0.3, -0.25) is 0 Å². The summed E-state index contributed by atoms with van der Waals surface area (Å²) in [4.78, 5) is 5.41. The first-order valence-corrected chi connectivity index (χ1v) is 22.4. The molecule has 7 aromatic rings. The van der Waals surface area contributed by atoms with Gasteiger partial charge in [-0.25, -0.2) is 0 Å². The third kappa shape index (κ3) is 5.03. The lowest BCUT2D eigenvalue weighted by Crippen LogP contribution is -2.57. The second kappa shape index (κ2) is 12.1. The third-order valence-electron chi connectivity index (χ3n) is 15.6. The molecule has 0 saturated heterocycles. The van der Waals surface area contributed by atoms with E-state index in [1.807, 2.05) is 11.8 Å². The van der Waals surface area contributed by atoms with Crippen LogP contribution in [0.5, 0.6) is 0 Å². The molecule has 57 heavy (non-hydrogen) atoms. The summed E-state index contributed by atoms with van der Waals surface area (Å²) in [5, 5.41) is 2.32. The number of anilines is 3. The summed E-state index contributed by atoms with van der Waals surface area (Å²) in [5.41, 5.74) is 14.5. The van der Waals surface area contributed by atoms with Gasteiger partial charge < -0.3 is 9.32 Å². The fourth-order valence-corrected chi connectivity index (χ4v) is 14.1. The Kier molecular flexibility index (Phi) is 7.32. The molecule has 284 valence electrons. The molecule has 4 fully saturated rings. The Hall–Kier alpha value is -4.73. The molecule has 4 bridgehead atoms. The van der Waals surface area contributed by atoms with Crippen molar-refractivity contribution in [3.63, 3.8) is 0 Å². The van der Waals surface area contributed by atoms with E-state index in [1.165, 1.54) is 82.7 Å². The lowest BCUT2D eigenvalue weighted by Gasteiger charge is -2.63. The molecule has 13 rings (SSSR count). The molecule has 2 nitrogen and oxygen atoms in total. The largest absolute Gasteiger partial charge is 0.456 e. The van der Waals surface area contributed by atoms with Crippen LogP contribution in [0.1, 0.15) is 94.9 Å². The first-order chi connectivity index (χ1) is 27.7. The summed E-state index contributed by atoms with van der Waals surface area (Å²) >= 11 is 2.00. The van der Waals surface area contributed by atoms with Crippen LogP contribution in [0.15, 0.2) is 142 Å². The zero-order valence-electron chi connectivity index (χ0n) is 33.6. The van der Waals surface area contributed by atoms with Gasteiger partial charge in [0, 0.05) is 49.1 Å². The van der Waals surface area contributed by atoms with Crippen molar-refractivity contribution in [1.29, 1.82) is 0 Å². The lowest BCUT2D eigenvalue weighted by molar-refractivity contribution is -0.0443. The summed E-state index contributed by atoms with van der Waals surface area (Å²) in [6.07, 6.45) is 9.47. The highest BCUT2D eigenvalue weighted by molar-refractivity contribution is 7.99. The second-order valence-electron chi connectivity index (χ2n) is 19.6. The van der Waals surface area contributed by atoms with Crippen molar-refractivity contribution in [2.24, 2.45) is 23.7 Å². The average molecular weight is 762 g/mol. The molecule has 2 heterocycles. The summed E-state index contributed by atoms with van der Waals surface area (Å²) in [7, 11) is 0. The molecular weight excluding hydrogens is 711 g/mol. The number of rotatable bonds is 4. The SMILES string of the molecule is CC1(C)CCC(C)(C)c2cc(N(c3ccc(-c4ccc5c(c4)C4(c6ccccc6S5)C5CC6CC(C5)CC4C6)cc3)c3ccc4c(c3)oc3ccccc34)ccc21. The van der Waals surface area contributed by atoms with Crippen LogP contribution in [0.3, 0.4) is 0 Å². The van der Waals surface area contributed by atoms with Crippen molar-refractivity contribution >= 4 is 50.8 Å². The number of furan rings is 1. The zero-order valence-corrected chi connectivity index (χ0v) is 34.5. The molecule has 1 aliphatic heterocycles. The van der Waals surface area contributed by atoms with Crippen LogP contribution in [0, 0.1) is 23.7 Å². The van der Waals surface area contributed by atoms with E-state index in [9.17, 15) is 0 Å². The predicted octanol–water partition coefficient (Wildman–Crippen LogP) is 15.3. The van der Waals surface area contributed by atoms with Crippen LogP contribution < -0.4 is 4.90 Å². The fraction of sp³-hybridized carbons (Fsp3) is 0.333. The molecule has 0 unspecified atom stereocenters. The maximum atomic E-state index is 6.46. The van der Waals surface area contributed by atoms with E-state index in [0.29, 0.717) is 0 Å². The lowest BCUT2D eigenvalue weighted by atomic mass is 9.42. The van der Waals surface area contributed by atoms with Gasteiger partial charge in [-0.05, 0) is 173 Å². The molecule has 6 aromatic carbocycles. The minimum absolute atomic E-state index is 0.110. The van der Waals surface area contributed by atoms with E-state index < -0.39 is 0 Å². The van der Waals surface area contributed by atoms with Crippen molar-refractivity contribution in [2.45, 2.75) is 98.7 Å². The fourth-order valence-electron chi connectivity index (χ4n) is 12.9. The highest BCUT2D eigenvalue weighted by Crippen LogP contribution is 2.69. The Morgan fingerprint density at radius 1 is 0.491 bits per heavy atom. The smallest absolute Gasteiger partial charge is 0.137 e. The zero-order chi connectivity index (χ0) is 38.3. The maximum Gasteiger partial charge on any atom is 0.137 e. The molecular formula is C54H51NOS. The van der Waals surface area contributed by atoms with Crippen molar-refractivity contribution in [3.8, 4) is 11.1 Å². The summed E-state index contributed by atoms with van der Waals surface area (Å²) in [6.45, 7) is 9.67. The van der Waals surface area contributed by atoms with Crippen LogP contribution in [-0.4, -0.2) is 0 Å². The molecule has 1 spiro atoms. The monoisotopic (exact) mass is 761 g/mol. The molecule has 0 radical (unpaired) electrons. The number of hydrogen-bond donors (Lipinski definition) is 0. The van der Waals surface area contributed by atoms with Gasteiger partial charge in [-0.1, -0.05) is 100 Å². The Morgan fingerprint density at radius 3 is 1.89 bits per heavy atom. The van der Waals surface area contributed by atoms with Gasteiger partial charge >= 0.3 is 0 Å². The van der Waals surface area contributed by atoms with Crippen LogP contribution in [-0.2, 0) is 16.2 Å². The molecule has 0 amide bonds. The Morgan fingerprint density at radius 2 is 1.11 bits per heavy atom. The van der Waals surface area contributed by atoms with E-state index >= 15 is 0 Å². The average Bonchev–Trinajstić information content (AvgIpc) is 3.59. The van der Waals surface area contributed by atoms with Gasteiger partial charge in [0.15, 0.2) is 0 Å². The highest BCUT2D eigenvalue weighted by Gasteiger charge is 2.60. The quantitative estimate of drug-likeness (QED) is 0.178. The summed E-state index contributed by atoms with van der Waals surface area (Å²) in [5.74, 6) is 3.36.